The van der Waals surface area contributed by atoms with Crippen molar-refractivity contribution in [2.45, 2.75) is 109 Å². The van der Waals surface area contributed by atoms with Gasteiger partial charge in [0.15, 0.2) is 0 Å². The van der Waals surface area contributed by atoms with Gasteiger partial charge in [-0.15, -0.1) is 10.2 Å². The summed E-state index contributed by atoms with van der Waals surface area (Å²) >= 11 is 0. The van der Waals surface area contributed by atoms with E-state index >= 15 is 0 Å². The summed E-state index contributed by atoms with van der Waals surface area (Å²) < 4.78 is 5.37. The number of nitrogens with one attached hydrogen (secondary N) is 3. The van der Waals surface area contributed by atoms with Gasteiger partial charge in [-0.25, -0.2) is 14.7 Å². The van der Waals surface area contributed by atoms with Crippen molar-refractivity contribution in [1.29, 1.82) is 0 Å². The van der Waals surface area contributed by atoms with Crippen LogP contribution in [0.4, 0.5) is 10.5 Å². The number of benzene rings is 2. The van der Waals surface area contributed by atoms with Gasteiger partial charge in [0.2, 0.25) is 11.7 Å². The number of carbonyl (C=O) groups excluding carboxylic acids is 4. The Morgan fingerprint density at radius 1 is 0.881 bits per heavy atom. The van der Waals surface area contributed by atoms with Crippen molar-refractivity contribution in [2.75, 3.05) is 25.5 Å². The molecule has 6 rings (SSSR count). The highest BCUT2D eigenvalue weighted by atomic mass is 16.6. The van der Waals surface area contributed by atoms with E-state index in [0.29, 0.717) is 61.0 Å². The van der Waals surface area contributed by atoms with E-state index in [4.69, 9.17) is 10.5 Å². The average molecular weight is 807 g/mol. The smallest absolute Gasteiger partial charge is 0.407 e. The third-order valence-corrected chi connectivity index (χ3v) is 11.4. The number of nitrogens with two attached hydrogens (primary N) is 1. The molecule has 0 unspecified atom stereocenters. The Morgan fingerprint density at radius 3 is 2.14 bits per heavy atom. The molecule has 0 radical (unpaired) electrons. The minimum absolute atomic E-state index is 0.154. The second-order valence-corrected chi connectivity index (χ2v) is 17.2. The van der Waals surface area contributed by atoms with Crippen molar-refractivity contribution in [3.63, 3.8) is 0 Å². The molecule has 2 heterocycles. The first-order chi connectivity index (χ1) is 28.1. The predicted molar refractivity (Wildman–Crippen MR) is 225 cm³/mol. The first-order valence-electron chi connectivity index (χ1n) is 20.6. The monoisotopic (exact) mass is 806 g/mol. The lowest BCUT2D eigenvalue weighted by atomic mass is 9.81. The van der Waals surface area contributed by atoms with Crippen LogP contribution in [0, 0.1) is 18.8 Å². The number of aromatic nitrogens is 5. The fourth-order valence-corrected chi connectivity index (χ4v) is 8.06. The zero-order chi connectivity index (χ0) is 42.3. The van der Waals surface area contributed by atoms with Crippen LogP contribution in [0.15, 0.2) is 60.7 Å². The molecule has 1 atom stereocenters. The third-order valence-electron chi connectivity index (χ3n) is 11.4. The summed E-state index contributed by atoms with van der Waals surface area (Å²) in [6.45, 7) is 7.80. The molecule has 4 amide bonds. The average Bonchev–Trinajstić information content (AvgIpc) is 3.76. The standard InChI is InChI=1S/C44H58N10O5/c1-27-36(23-24-38(47-27)40(55)48-33-17-21-34(22-18-33)53(5)6)30-11-7-28(8-12-30)25-37(45)42(57)54(35-19-15-31(16-20-35)39-49-51-52-50-39)41(56)32-13-9-29(10-14-32)26-46-43(58)59-44(2,3)4/h7-8,11-12,15-16,19-20,23-24,29,32-34,37H,9-10,13-14,17-18,21-22,25-26,45H2,1-6H3,(H,46,58)(H,48,55)(H,49,50,51,52)/t29?,32?,33?,34?,37-/m0/s1. The molecule has 15 heteroatoms. The SMILES string of the molecule is Cc1nc(C(=O)NC2CCC(N(C)C)CC2)ccc1-c1ccc(C[C@H](N)C(=O)N(C(=O)C2CCC(CNC(=O)OC(C)(C)C)CC2)c2ccc(-c3nn[nH]n3)cc2)cc1. The van der Waals surface area contributed by atoms with E-state index in [1.807, 2.05) is 58.0 Å². The zero-order valence-electron chi connectivity index (χ0n) is 35.0. The topological polar surface area (TPSA) is 201 Å². The van der Waals surface area contributed by atoms with Crippen molar-refractivity contribution in [3.8, 4) is 22.5 Å². The molecule has 2 aromatic heterocycles. The second-order valence-electron chi connectivity index (χ2n) is 17.2. The predicted octanol–water partition coefficient (Wildman–Crippen LogP) is 5.60. The van der Waals surface area contributed by atoms with E-state index in [9.17, 15) is 19.2 Å². The van der Waals surface area contributed by atoms with E-state index in [1.54, 1.807) is 30.3 Å². The molecule has 2 saturated carbocycles. The van der Waals surface area contributed by atoms with Gasteiger partial charge in [0.25, 0.3) is 11.8 Å². The first kappa shape index (κ1) is 43.0. The molecule has 2 fully saturated rings. The molecule has 0 saturated heterocycles. The number of H-pyrrole nitrogens is 1. The number of rotatable bonds is 12. The summed E-state index contributed by atoms with van der Waals surface area (Å²) in [6.07, 6.45) is 6.34. The number of alkyl carbamates (subject to hydrolysis) is 1. The number of pyridine rings is 1. The minimum atomic E-state index is -1.00. The molecule has 15 nitrogen and oxygen atoms in total. The van der Waals surface area contributed by atoms with E-state index in [-0.39, 0.29) is 30.2 Å². The molecule has 314 valence electrons. The number of tetrazole rings is 1. The molecular weight excluding hydrogens is 749 g/mol. The van der Waals surface area contributed by atoms with Gasteiger partial charge in [0.05, 0.1) is 11.7 Å². The fourth-order valence-electron chi connectivity index (χ4n) is 8.06. The number of aryl methyl sites for hydroxylation is 1. The minimum Gasteiger partial charge on any atom is -0.444 e. The number of amides is 4. The van der Waals surface area contributed by atoms with Crippen molar-refractivity contribution in [2.24, 2.45) is 17.6 Å². The maximum atomic E-state index is 14.3. The molecule has 0 spiro atoms. The Hall–Kier alpha value is -5.54. The van der Waals surface area contributed by atoms with Gasteiger partial charge in [-0.05, 0) is 152 Å². The second kappa shape index (κ2) is 19.0. The van der Waals surface area contributed by atoms with Crippen LogP contribution in [-0.2, 0) is 20.7 Å². The largest absolute Gasteiger partial charge is 0.444 e. The highest BCUT2D eigenvalue weighted by Gasteiger charge is 2.36. The van der Waals surface area contributed by atoms with E-state index in [2.05, 4.69) is 55.2 Å². The van der Waals surface area contributed by atoms with E-state index in [0.717, 1.165) is 48.1 Å². The highest BCUT2D eigenvalue weighted by Crippen LogP contribution is 2.33. The third kappa shape index (κ3) is 11.4. The van der Waals surface area contributed by atoms with Crippen LogP contribution in [-0.4, -0.2) is 98.7 Å². The Labute approximate surface area is 346 Å². The number of ether oxygens (including phenoxy) is 1. The van der Waals surface area contributed by atoms with Crippen molar-refractivity contribution < 1.29 is 23.9 Å². The van der Waals surface area contributed by atoms with Crippen LogP contribution >= 0.6 is 0 Å². The molecule has 0 aliphatic heterocycles. The van der Waals surface area contributed by atoms with Gasteiger partial charge < -0.3 is 26.0 Å². The Morgan fingerprint density at radius 2 is 1.54 bits per heavy atom. The summed E-state index contributed by atoms with van der Waals surface area (Å²) in [4.78, 5) is 61.9. The highest BCUT2D eigenvalue weighted by molar-refractivity contribution is 6.17. The molecule has 2 aliphatic carbocycles. The summed E-state index contributed by atoms with van der Waals surface area (Å²) in [5.74, 6) is -0.770. The summed E-state index contributed by atoms with van der Waals surface area (Å²) in [5.41, 5.74) is 10.9. The van der Waals surface area contributed by atoms with Crippen LogP contribution < -0.4 is 21.3 Å². The quantitative estimate of drug-likeness (QED) is 0.139. The Balaban J connectivity index is 1.10. The van der Waals surface area contributed by atoms with Crippen molar-refractivity contribution in [3.05, 3.63) is 77.6 Å². The van der Waals surface area contributed by atoms with Gasteiger partial charge in [0, 0.05) is 41.4 Å². The molecular formula is C44H58N10O5. The van der Waals surface area contributed by atoms with Crippen LogP contribution in [0.25, 0.3) is 22.5 Å². The van der Waals surface area contributed by atoms with Gasteiger partial charge >= 0.3 is 6.09 Å². The van der Waals surface area contributed by atoms with Gasteiger partial charge in [-0.3, -0.25) is 14.4 Å². The zero-order valence-corrected chi connectivity index (χ0v) is 35.0. The number of carbonyl (C=O) groups is 4. The lowest BCUT2D eigenvalue weighted by Crippen LogP contribution is -2.50. The van der Waals surface area contributed by atoms with Crippen LogP contribution in [0.3, 0.4) is 0 Å². The fraction of sp³-hybridized carbons (Fsp3) is 0.500. The summed E-state index contributed by atoms with van der Waals surface area (Å²) in [5, 5.41) is 20.1. The summed E-state index contributed by atoms with van der Waals surface area (Å²) in [6, 6.07) is 18.0. The molecule has 59 heavy (non-hydrogen) atoms. The van der Waals surface area contributed by atoms with Crippen LogP contribution in [0.1, 0.15) is 93.9 Å². The molecule has 0 bridgehead atoms. The van der Waals surface area contributed by atoms with Crippen LogP contribution in [0.5, 0.6) is 0 Å². The summed E-state index contributed by atoms with van der Waals surface area (Å²) in [7, 11) is 4.21. The van der Waals surface area contributed by atoms with E-state index < -0.39 is 29.6 Å². The number of nitrogens with zero attached hydrogens (tertiary/aromatic N) is 6. The Bertz CT molecular complexity index is 2050. The van der Waals surface area contributed by atoms with Gasteiger partial charge in [-0.2, -0.15) is 5.21 Å². The molecule has 5 N–H and O–H groups in total. The lowest BCUT2D eigenvalue weighted by Gasteiger charge is -2.32. The molecule has 2 aromatic carbocycles. The number of aromatic amines is 1. The van der Waals surface area contributed by atoms with Gasteiger partial charge in [0.1, 0.15) is 11.3 Å². The number of hydrogen-bond acceptors (Lipinski definition) is 11. The molecule has 2 aliphatic rings. The first-order valence-corrected chi connectivity index (χ1v) is 20.6. The number of anilines is 1. The maximum absolute atomic E-state index is 14.3. The normalized spacial score (nSPS) is 20.1. The van der Waals surface area contributed by atoms with E-state index in [1.165, 1.54) is 4.90 Å². The lowest BCUT2D eigenvalue weighted by molar-refractivity contribution is -0.130. The Kier molecular flexibility index (Phi) is 13.9. The number of hydrogen-bond donors (Lipinski definition) is 4. The maximum Gasteiger partial charge on any atom is 0.407 e. The molecule has 4 aromatic rings. The van der Waals surface area contributed by atoms with Crippen LogP contribution in [0.2, 0.25) is 0 Å². The number of imide groups is 1. The van der Waals surface area contributed by atoms with Crippen molar-refractivity contribution >= 4 is 29.5 Å². The van der Waals surface area contributed by atoms with Crippen molar-refractivity contribution in [1.82, 2.24) is 41.1 Å². The van der Waals surface area contributed by atoms with Gasteiger partial charge in [-0.1, -0.05) is 30.3 Å².